The fraction of sp³-hybridized carbons (Fsp3) is 0.429. The molecule has 4 heteroatoms. The molecule has 0 unspecified atom stereocenters. The number of hydrogen-bond acceptors (Lipinski definition) is 4. The third kappa shape index (κ3) is 5.48. The van der Waals surface area contributed by atoms with Crippen molar-refractivity contribution in [3.8, 4) is 11.5 Å². The number of aromatic hydroxyl groups is 2. The minimum Gasteiger partial charge on any atom is -0.507 e. The monoisotopic (exact) mass is 434 g/mol. The van der Waals surface area contributed by atoms with Crippen molar-refractivity contribution in [2.45, 2.75) is 78.1 Å². The van der Waals surface area contributed by atoms with E-state index < -0.39 is 0 Å². The molecule has 1 aliphatic carbocycles. The van der Waals surface area contributed by atoms with Crippen LogP contribution in [0.5, 0.6) is 11.5 Å². The van der Waals surface area contributed by atoms with Crippen LogP contribution in [-0.2, 0) is 12.8 Å². The third-order valence-corrected chi connectivity index (χ3v) is 6.70. The van der Waals surface area contributed by atoms with Crippen LogP contribution in [0.1, 0.15) is 108 Å². The second-order valence-corrected chi connectivity index (χ2v) is 8.98. The Kier molecular flexibility index (Phi) is 8.26. The maximum absolute atomic E-state index is 11.6. The van der Waals surface area contributed by atoms with Gasteiger partial charge in [0.2, 0.25) is 0 Å². The molecule has 2 aromatic rings. The van der Waals surface area contributed by atoms with Crippen molar-refractivity contribution < 1.29 is 19.8 Å². The molecule has 0 saturated carbocycles. The van der Waals surface area contributed by atoms with Crippen molar-refractivity contribution in [2.75, 3.05) is 0 Å². The highest BCUT2D eigenvalue weighted by molar-refractivity contribution is 5.96. The number of allylic oxidation sites excluding steroid dienone is 2. The molecule has 32 heavy (non-hydrogen) atoms. The second-order valence-electron chi connectivity index (χ2n) is 8.98. The van der Waals surface area contributed by atoms with E-state index in [0.29, 0.717) is 23.7 Å². The number of fused-ring (bicyclic) bond motifs is 4. The summed E-state index contributed by atoms with van der Waals surface area (Å²) >= 11 is 0. The highest BCUT2D eigenvalue weighted by Crippen LogP contribution is 2.38. The molecule has 170 valence electrons. The molecule has 2 N–H and O–H groups in total. The van der Waals surface area contributed by atoms with Crippen LogP contribution in [0.2, 0.25) is 0 Å². The van der Waals surface area contributed by atoms with Gasteiger partial charge in [0, 0.05) is 11.1 Å². The first kappa shape index (κ1) is 23.8. The van der Waals surface area contributed by atoms with Gasteiger partial charge in [0.25, 0.3) is 0 Å². The molecular weight excluding hydrogens is 400 g/mol. The molecule has 4 bridgehead atoms. The van der Waals surface area contributed by atoms with Gasteiger partial charge in [-0.05, 0) is 86.1 Å². The lowest BCUT2D eigenvalue weighted by Gasteiger charge is -2.16. The minimum atomic E-state index is -0.0405. The fourth-order valence-electron chi connectivity index (χ4n) is 4.60. The molecule has 0 amide bonds. The van der Waals surface area contributed by atoms with Crippen molar-refractivity contribution in [1.29, 1.82) is 0 Å². The number of carbonyl (C=O) groups excluding carboxylic acids is 2. The average Bonchev–Trinajstić information content (AvgIpc) is 2.80. The van der Waals surface area contributed by atoms with Gasteiger partial charge >= 0.3 is 0 Å². The summed E-state index contributed by atoms with van der Waals surface area (Å²) in [7, 11) is 0. The molecule has 0 atom stereocenters. The van der Waals surface area contributed by atoms with Crippen LogP contribution in [0.25, 0.3) is 11.1 Å². The first-order valence-corrected chi connectivity index (χ1v) is 11.8. The molecule has 1 aliphatic rings. The smallest absolute Gasteiger partial charge is 0.153 e. The van der Waals surface area contributed by atoms with Gasteiger partial charge in [-0.3, -0.25) is 9.59 Å². The average molecular weight is 435 g/mol. The van der Waals surface area contributed by atoms with Gasteiger partial charge in [0.1, 0.15) is 11.5 Å². The number of carbonyl (C=O) groups is 2. The summed E-state index contributed by atoms with van der Waals surface area (Å²) in [4.78, 5) is 23.2. The predicted molar refractivity (Wildman–Crippen MR) is 129 cm³/mol. The lowest BCUT2D eigenvalue weighted by atomic mass is 9.90. The molecule has 0 aromatic heterocycles. The molecule has 0 saturated heterocycles. The molecule has 3 rings (SSSR count). The Hall–Kier alpha value is -2.88. The van der Waals surface area contributed by atoms with Crippen LogP contribution in [0.4, 0.5) is 0 Å². The van der Waals surface area contributed by atoms with Gasteiger partial charge in [0.05, 0.1) is 11.1 Å². The van der Waals surface area contributed by atoms with E-state index in [1.165, 1.54) is 25.7 Å². The van der Waals surface area contributed by atoms with Crippen LogP contribution in [0.3, 0.4) is 0 Å². The molecular formula is C28H34O4. The number of aldehydes is 2. The first-order valence-electron chi connectivity index (χ1n) is 11.8. The summed E-state index contributed by atoms with van der Waals surface area (Å²) in [5, 5.41) is 21.5. The van der Waals surface area contributed by atoms with E-state index in [1.54, 1.807) is 12.1 Å². The summed E-state index contributed by atoms with van der Waals surface area (Å²) < 4.78 is 0. The van der Waals surface area contributed by atoms with Crippen LogP contribution in [0, 0.1) is 0 Å². The molecule has 0 aliphatic heterocycles. The Balaban J connectivity index is 2.14. The Bertz CT molecular complexity index is 935. The van der Waals surface area contributed by atoms with Crippen LogP contribution in [0.15, 0.2) is 24.3 Å². The lowest BCUT2D eigenvalue weighted by molar-refractivity contribution is 0.111. The number of benzene rings is 2. The number of phenolic OH excluding ortho intramolecular Hbond substituents is 2. The highest BCUT2D eigenvalue weighted by atomic mass is 16.3. The fourth-order valence-corrected chi connectivity index (χ4v) is 4.60. The van der Waals surface area contributed by atoms with Gasteiger partial charge in [-0.1, -0.05) is 38.5 Å². The predicted octanol–water partition coefficient (Wildman–Crippen LogP) is 6.89. The maximum Gasteiger partial charge on any atom is 0.153 e. The zero-order valence-corrected chi connectivity index (χ0v) is 19.2. The number of aryl methyl sites for hydroxylation is 2. The number of hydrogen-bond donors (Lipinski definition) is 2. The summed E-state index contributed by atoms with van der Waals surface area (Å²) in [5.41, 5.74) is 5.37. The Morgan fingerprint density at radius 1 is 0.594 bits per heavy atom. The molecule has 0 spiro atoms. The van der Waals surface area contributed by atoms with E-state index in [9.17, 15) is 19.8 Å². The second kappa shape index (κ2) is 11.1. The van der Waals surface area contributed by atoms with Gasteiger partial charge in [-0.15, -0.1) is 0 Å². The SMILES string of the molecule is C/C1=C(/C)c2cc(cc(C=O)c2O)CCCCCCCCCCc2cc(C=O)c(O)c1c2. The van der Waals surface area contributed by atoms with Crippen molar-refractivity contribution in [3.05, 3.63) is 57.6 Å². The Morgan fingerprint density at radius 2 is 0.938 bits per heavy atom. The summed E-state index contributed by atoms with van der Waals surface area (Å²) in [6.07, 6.45) is 12.4. The van der Waals surface area contributed by atoms with E-state index in [-0.39, 0.29) is 22.6 Å². The molecule has 2 aromatic carbocycles. The van der Waals surface area contributed by atoms with E-state index in [0.717, 1.165) is 60.8 Å². The Labute approximate surface area is 191 Å². The number of rotatable bonds is 2. The standard InChI is InChI=1S/C28H34O4/c1-19-20(2)26-16-22(14-24(18-30)28(26)32)12-10-8-6-4-3-5-7-9-11-21-13-23(17-29)27(31)25(19)15-21/h13-18,31-32H,3-12H2,1-2H3/b20-19+. The largest absolute Gasteiger partial charge is 0.507 e. The van der Waals surface area contributed by atoms with Crippen molar-refractivity contribution in [3.63, 3.8) is 0 Å². The van der Waals surface area contributed by atoms with Crippen molar-refractivity contribution in [2.24, 2.45) is 0 Å². The van der Waals surface area contributed by atoms with E-state index >= 15 is 0 Å². The van der Waals surface area contributed by atoms with Crippen LogP contribution < -0.4 is 0 Å². The van der Waals surface area contributed by atoms with Crippen LogP contribution >= 0.6 is 0 Å². The first-order chi connectivity index (χ1) is 15.5. The summed E-state index contributed by atoms with van der Waals surface area (Å²) in [5.74, 6) is -0.0810. The van der Waals surface area contributed by atoms with E-state index in [1.807, 2.05) is 26.0 Å². The molecule has 0 fully saturated rings. The van der Waals surface area contributed by atoms with Gasteiger partial charge in [0.15, 0.2) is 12.6 Å². The van der Waals surface area contributed by atoms with Crippen molar-refractivity contribution in [1.82, 2.24) is 0 Å². The van der Waals surface area contributed by atoms with Crippen LogP contribution in [-0.4, -0.2) is 22.8 Å². The number of phenols is 2. The van der Waals surface area contributed by atoms with E-state index in [4.69, 9.17) is 0 Å². The lowest BCUT2D eigenvalue weighted by Crippen LogP contribution is -1.98. The molecule has 4 nitrogen and oxygen atoms in total. The molecule has 0 heterocycles. The Morgan fingerprint density at radius 3 is 1.28 bits per heavy atom. The quantitative estimate of drug-likeness (QED) is 0.505. The van der Waals surface area contributed by atoms with Crippen molar-refractivity contribution >= 4 is 23.7 Å². The zero-order valence-electron chi connectivity index (χ0n) is 19.2. The maximum atomic E-state index is 11.6. The normalized spacial score (nSPS) is 18.4. The zero-order chi connectivity index (χ0) is 23.1. The van der Waals surface area contributed by atoms with E-state index in [2.05, 4.69) is 0 Å². The van der Waals surface area contributed by atoms with Gasteiger partial charge in [-0.2, -0.15) is 0 Å². The highest BCUT2D eigenvalue weighted by Gasteiger charge is 2.17. The topological polar surface area (TPSA) is 74.6 Å². The van der Waals surface area contributed by atoms with Gasteiger partial charge < -0.3 is 10.2 Å². The summed E-state index contributed by atoms with van der Waals surface area (Å²) in [6.45, 7) is 3.77. The summed E-state index contributed by atoms with van der Waals surface area (Å²) in [6, 6.07) is 7.45. The minimum absolute atomic E-state index is 0.0405. The third-order valence-electron chi connectivity index (χ3n) is 6.70. The molecule has 0 radical (unpaired) electrons. The van der Waals surface area contributed by atoms with Gasteiger partial charge in [-0.25, -0.2) is 0 Å².